The highest BCUT2D eigenvalue weighted by atomic mass is 16.1. The third kappa shape index (κ3) is 2.52. The molecule has 0 aliphatic heterocycles. The average Bonchev–Trinajstić information content (AvgIpc) is 2.48. The SMILES string of the molecule is O=C(Cc1ccccc1)c1cc2ccccc2cn1. The van der Waals surface area contributed by atoms with Gasteiger partial charge in [-0.05, 0) is 17.0 Å². The van der Waals surface area contributed by atoms with Crippen molar-refractivity contribution in [2.24, 2.45) is 0 Å². The van der Waals surface area contributed by atoms with Crippen molar-refractivity contribution in [1.82, 2.24) is 4.98 Å². The molecule has 0 aliphatic rings. The lowest BCUT2D eigenvalue weighted by Crippen LogP contribution is -2.05. The van der Waals surface area contributed by atoms with E-state index in [2.05, 4.69) is 4.98 Å². The van der Waals surface area contributed by atoms with Gasteiger partial charge in [0.2, 0.25) is 0 Å². The van der Waals surface area contributed by atoms with Gasteiger partial charge in [-0.25, -0.2) is 0 Å². The molecule has 3 rings (SSSR count). The van der Waals surface area contributed by atoms with E-state index in [1.165, 1.54) is 0 Å². The molecule has 1 aromatic heterocycles. The van der Waals surface area contributed by atoms with Crippen molar-refractivity contribution in [2.45, 2.75) is 6.42 Å². The van der Waals surface area contributed by atoms with Gasteiger partial charge in [0.15, 0.2) is 5.78 Å². The van der Waals surface area contributed by atoms with Crippen LogP contribution in [-0.2, 0) is 6.42 Å². The highest BCUT2D eigenvalue weighted by Gasteiger charge is 2.08. The van der Waals surface area contributed by atoms with Gasteiger partial charge in [-0.2, -0.15) is 0 Å². The lowest BCUT2D eigenvalue weighted by molar-refractivity contribution is 0.0988. The standard InChI is InChI=1S/C17H13NO/c19-17(10-13-6-2-1-3-7-13)16-11-14-8-4-5-9-15(14)12-18-16/h1-9,11-12H,10H2. The lowest BCUT2D eigenvalue weighted by Gasteiger charge is -2.02. The molecule has 0 aliphatic carbocycles. The second-order valence-electron chi connectivity index (χ2n) is 4.50. The Balaban J connectivity index is 1.89. The maximum atomic E-state index is 12.2. The lowest BCUT2D eigenvalue weighted by atomic mass is 10.1. The first-order chi connectivity index (χ1) is 9.33. The molecule has 19 heavy (non-hydrogen) atoms. The summed E-state index contributed by atoms with van der Waals surface area (Å²) in [6, 6.07) is 19.5. The van der Waals surface area contributed by atoms with Gasteiger partial charge in [0, 0.05) is 18.0 Å². The number of benzene rings is 2. The second kappa shape index (κ2) is 5.02. The van der Waals surface area contributed by atoms with E-state index >= 15 is 0 Å². The van der Waals surface area contributed by atoms with Crippen molar-refractivity contribution in [3.8, 4) is 0 Å². The number of nitrogens with zero attached hydrogens (tertiary/aromatic N) is 1. The fraction of sp³-hybridized carbons (Fsp3) is 0.0588. The van der Waals surface area contributed by atoms with E-state index in [0.29, 0.717) is 12.1 Å². The molecule has 0 radical (unpaired) electrons. The van der Waals surface area contributed by atoms with Gasteiger partial charge < -0.3 is 0 Å². The maximum absolute atomic E-state index is 12.2. The molecule has 0 atom stereocenters. The van der Waals surface area contributed by atoms with Gasteiger partial charge in [-0.1, -0.05) is 54.6 Å². The molecule has 0 amide bonds. The van der Waals surface area contributed by atoms with Crippen molar-refractivity contribution in [1.29, 1.82) is 0 Å². The van der Waals surface area contributed by atoms with Crippen LogP contribution in [0.5, 0.6) is 0 Å². The average molecular weight is 247 g/mol. The van der Waals surface area contributed by atoms with Crippen LogP contribution in [0, 0.1) is 0 Å². The number of Topliss-reactive ketones (excluding diaryl/α,β-unsaturated/α-hetero) is 1. The van der Waals surface area contributed by atoms with Crippen LogP contribution < -0.4 is 0 Å². The van der Waals surface area contributed by atoms with Crippen LogP contribution in [0.15, 0.2) is 66.9 Å². The molecule has 0 bridgehead atoms. The highest BCUT2D eigenvalue weighted by molar-refractivity contribution is 5.98. The van der Waals surface area contributed by atoms with E-state index in [4.69, 9.17) is 0 Å². The molecular weight excluding hydrogens is 234 g/mol. The molecule has 0 fully saturated rings. The van der Waals surface area contributed by atoms with Crippen LogP contribution in [0.2, 0.25) is 0 Å². The van der Waals surface area contributed by atoms with E-state index in [1.54, 1.807) is 6.20 Å². The first-order valence-corrected chi connectivity index (χ1v) is 6.25. The predicted octanol–water partition coefficient (Wildman–Crippen LogP) is 3.66. The quantitative estimate of drug-likeness (QED) is 0.661. The molecular formula is C17H13NO. The number of hydrogen-bond donors (Lipinski definition) is 0. The Morgan fingerprint density at radius 1 is 0.895 bits per heavy atom. The van der Waals surface area contributed by atoms with E-state index in [-0.39, 0.29) is 5.78 Å². The van der Waals surface area contributed by atoms with E-state index < -0.39 is 0 Å². The summed E-state index contributed by atoms with van der Waals surface area (Å²) >= 11 is 0. The second-order valence-corrected chi connectivity index (χ2v) is 4.50. The summed E-state index contributed by atoms with van der Waals surface area (Å²) in [5.74, 6) is 0.0527. The molecule has 2 heteroatoms. The smallest absolute Gasteiger partial charge is 0.185 e. The number of aromatic nitrogens is 1. The highest BCUT2D eigenvalue weighted by Crippen LogP contribution is 2.14. The summed E-state index contributed by atoms with van der Waals surface area (Å²) < 4.78 is 0. The first-order valence-electron chi connectivity index (χ1n) is 6.25. The molecule has 1 heterocycles. The zero-order valence-electron chi connectivity index (χ0n) is 10.4. The van der Waals surface area contributed by atoms with E-state index in [1.807, 2.05) is 60.7 Å². The monoisotopic (exact) mass is 247 g/mol. The summed E-state index contributed by atoms with van der Waals surface area (Å²) in [6.45, 7) is 0. The Labute approximate surface area is 111 Å². The number of carbonyl (C=O) groups is 1. The summed E-state index contributed by atoms with van der Waals surface area (Å²) in [6.07, 6.45) is 2.15. The van der Waals surface area contributed by atoms with Crippen molar-refractivity contribution in [3.63, 3.8) is 0 Å². The zero-order valence-corrected chi connectivity index (χ0v) is 10.4. The van der Waals surface area contributed by atoms with E-state index in [9.17, 15) is 4.79 Å². The normalized spacial score (nSPS) is 10.5. The minimum atomic E-state index is 0.0527. The van der Waals surface area contributed by atoms with Crippen molar-refractivity contribution in [3.05, 3.63) is 78.1 Å². The Hall–Kier alpha value is -2.48. The minimum Gasteiger partial charge on any atom is -0.292 e. The Kier molecular flexibility index (Phi) is 3.07. The summed E-state index contributed by atoms with van der Waals surface area (Å²) in [5, 5.41) is 2.10. The Bertz CT molecular complexity index is 719. The van der Waals surface area contributed by atoms with Crippen molar-refractivity contribution >= 4 is 16.6 Å². The van der Waals surface area contributed by atoms with Crippen LogP contribution in [0.25, 0.3) is 10.8 Å². The van der Waals surface area contributed by atoms with Gasteiger partial charge in [-0.15, -0.1) is 0 Å². The number of fused-ring (bicyclic) bond motifs is 1. The molecule has 0 unspecified atom stereocenters. The molecule has 0 spiro atoms. The largest absolute Gasteiger partial charge is 0.292 e. The molecule has 92 valence electrons. The van der Waals surface area contributed by atoms with Crippen LogP contribution in [-0.4, -0.2) is 10.8 Å². The number of rotatable bonds is 3. The molecule has 0 saturated heterocycles. The fourth-order valence-corrected chi connectivity index (χ4v) is 2.11. The van der Waals surface area contributed by atoms with Gasteiger partial charge in [-0.3, -0.25) is 9.78 Å². The van der Waals surface area contributed by atoms with Crippen molar-refractivity contribution in [2.75, 3.05) is 0 Å². The summed E-state index contributed by atoms with van der Waals surface area (Å²) in [7, 11) is 0. The van der Waals surface area contributed by atoms with Gasteiger partial charge in [0.05, 0.1) is 0 Å². The van der Waals surface area contributed by atoms with Crippen LogP contribution >= 0.6 is 0 Å². The van der Waals surface area contributed by atoms with Gasteiger partial charge in [0.1, 0.15) is 5.69 Å². The number of ketones is 1. The van der Waals surface area contributed by atoms with E-state index in [0.717, 1.165) is 16.3 Å². The molecule has 3 aromatic rings. The molecule has 2 nitrogen and oxygen atoms in total. The first kappa shape index (κ1) is 11.6. The predicted molar refractivity (Wildman–Crippen MR) is 76.2 cm³/mol. The summed E-state index contributed by atoms with van der Waals surface area (Å²) in [4.78, 5) is 16.4. The molecule has 0 saturated carbocycles. The number of hydrogen-bond acceptors (Lipinski definition) is 2. The third-order valence-corrected chi connectivity index (χ3v) is 3.12. The molecule has 2 aromatic carbocycles. The van der Waals surface area contributed by atoms with Gasteiger partial charge in [0.25, 0.3) is 0 Å². The van der Waals surface area contributed by atoms with Crippen LogP contribution in [0.4, 0.5) is 0 Å². The van der Waals surface area contributed by atoms with Crippen LogP contribution in [0.1, 0.15) is 16.1 Å². The third-order valence-electron chi connectivity index (χ3n) is 3.12. The van der Waals surface area contributed by atoms with Crippen molar-refractivity contribution < 1.29 is 4.79 Å². The summed E-state index contributed by atoms with van der Waals surface area (Å²) in [5.41, 5.74) is 1.55. The molecule has 0 N–H and O–H groups in total. The van der Waals surface area contributed by atoms with Gasteiger partial charge >= 0.3 is 0 Å². The topological polar surface area (TPSA) is 30.0 Å². The number of pyridine rings is 1. The fourth-order valence-electron chi connectivity index (χ4n) is 2.11. The number of carbonyl (C=O) groups excluding carboxylic acids is 1. The Morgan fingerprint density at radius 2 is 1.58 bits per heavy atom. The Morgan fingerprint density at radius 3 is 2.37 bits per heavy atom. The zero-order chi connectivity index (χ0) is 13.1. The maximum Gasteiger partial charge on any atom is 0.185 e. The minimum absolute atomic E-state index is 0.0527. The van der Waals surface area contributed by atoms with Crippen LogP contribution in [0.3, 0.4) is 0 Å².